The maximum atomic E-state index is 12.0. The van der Waals surface area contributed by atoms with Gasteiger partial charge in [-0.25, -0.2) is 18.5 Å². The Morgan fingerprint density at radius 2 is 2.20 bits per heavy atom. The van der Waals surface area contributed by atoms with Crippen LogP contribution in [0, 0.1) is 0 Å². The summed E-state index contributed by atoms with van der Waals surface area (Å²) in [5.41, 5.74) is 1.33. The number of carbonyl (C=O) groups excluding carboxylic acids is 1. The average Bonchev–Trinajstić information content (AvgIpc) is 2.88. The van der Waals surface area contributed by atoms with Crippen molar-refractivity contribution in [3.8, 4) is 0 Å². The first-order valence-electron chi connectivity index (χ1n) is 7.70. The number of rotatable bonds is 8. The van der Waals surface area contributed by atoms with Gasteiger partial charge in [0.2, 0.25) is 15.9 Å². The summed E-state index contributed by atoms with van der Waals surface area (Å²) in [6, 6.07) is 4.51. The predicted octanol–water partition coefficient (Wildman–Crippen LogP) is 0.947. The first-order chi connectivity index (χ1) is 11.8. The summed E-state index contributed by atoms with van der Waals surface area (Å²) in [4.78, 5) is 16.4. The maximum Gasteiger partial charge on any atom is 0.238 e. The number of nitrogens with zero attached hydrogens (tertiary/aromatic N) is 2. The van der Waals surface area contributed by atoms with Crippen molar-refractivity contribution in [1.82, 2.24) is 14.9 Å². The molecular weight excluding hydrogens is 364 g/mol. The van der Waals surface area contributed by atoms with E-state index in [1.807, 2.05) is 18.4 Å². The zero-order chi connectivity index (χ0) is 18.6. The molecule has 1 atom stereocenters. The molecule has 0 saturated carbocycles. The number of hydrogen-bond acceptors (Lipinski definition) is 6. The van der Waals surface area contributed by atoms with Gasteiger partial charge in [0, 0.05) is 19.7 Å². The lowest BCUT2D eigenvalue weighted by molar-refractivity contribution is -0.119. The highest BCUT2D eigenvalue weighted by molar-refractivity contribution is 7.99. The summed E-state index contributed by atoms with van der Waals surface area (Å²) < 4.78 is 29.9. The number of nitrogens with two attached hydrogens (primary N) is 1. The van der Waals surface area contributed by atoms with Crippen LogP contribution in [0.25, 0.3) is 11.0 Å². The number of nitrogens with one attached hydrogen (secondary N) is 1. The molecule has 1 amide bonds. The highest BCUT2D eigenvalue weighted by Crippen LogP contribution is 2.25. The Labute approximate surface area is 151 Å². The van der Waals surface area contributed by atoms with E-state index >= 15 is 0 Å². The lowest BCUT2D eigenvalue weighted by Crippen LogP contribution is -2.36. The molecule has 0 bridgehead atoms. The second-order valence-corrected chi connectivity index (χ2v) is 8.05. The number of sulfonamides is 1. The van der Waals surface area contributed by atoms with Gasteiger partial charge in [-0.3, -0.25) is 4.79 Å². The van der Waals surface area contributed by atoms with E-state index in [9.17, 15) is 13.2 Å². The number of methoxy groups -OCH3 is 1. The van der Waals surface area contributed by atoms with Crippen LogP contribution in [0.15, 0.2) is 28.3 Å². The first kappa shape index (κ1) is 19.7. The molecule has 0 spiro atoms. The smallest absolute Gasteiger partial charge is 0.238 e. The number of imidazole rings is 1. The zero-order valence-corrected chi connectivity index (χ0v) is 16.0. The van der Waals surface area contributed by atoms with E-state index in [2.05, 4.69) is 10.3 Å². The van der Waals surface area contributed by atoms with Gasteiger partial charge < -0.3 is 14.6 Å². The van der Waals surface area contributed by atoms with Gasteiger partial charge in [-0.15, -0.1) is 0 Å². The zero-order valence-electron chi connectivity index (χ0n) is 14.4. The minimum atomic E-state index is -3.78. The molecule has 8 nitrogen and oxygen atoms in total. The Kier molecular flexibility index (Phi) is 6.44. The molecule has 1 aromatic heterocycles. The van der Waals surface area contributed by atoms with Crippen LogP contribution >= 0.6 is 11.8 Å². The maximum absolute atomic E-state index is 12.0. The molecule has 3 N–H and O–H groups in total. The van der Waals surface area contributed by atoms with Crippen LogP contribution in [0.2, 0.25) is 0 Å². The summed E-state index contributed by atoms with van der Waals surface area (Å²) in [7, 11) is -2.20. The number of amides is 1. The number of aromatic nitrogens is 2. The molecule has 10 heteroatoms. The van der Waals surface area contributed by atoms with Crippen molar-refractivity contribution in [1.29, 1.82) is 0 Å². The van der Waals surface area contributed by atoms with Gasteiger partial charge in [0.05, 0.1) is 28.3 Å². The molecular formula is C15H22N4O4S2. The van der Waals surface area contributed by atoms with E-state index in [1.54, 1.807) is 13.2 Å². The molecule has 2 rings (SSSR count). The Balaban J connectivity index is 2.19. The number of primary sulfonamides is 1. The molecule has 0 radical (unpaired) electrons. The fraction of sp³-hybridized carbons (Fsp3) is 0.467. The quantitative estimate of drug-likeness (QED) is 0.653. The van der Waals surface area contributed by atoms with Gasteiger partial charge in [0.25, 0.3) is 0 Å². The van der Waals surface area contributed by atoms with E-state index in [-0.39, 0.29) is 22.6 Å². The lowest BCUT2D eigenvalue weighted by Gasteiger charge is -2.12. The van der Waals surface area contributed by atoms with E-state index in [0.717, 1.165) is 5.52 Å². The number of ether oxygens (including phenoxy) is 1. The molecule has 0 aliphatic carbocycles. The van der Waals surface area contributed by atoms with Gasteiger partial charge in [-0.2, -0.15) is 0 Å². The van der Waals surface area contributed by atoms with Crippen molar-refractivity contribution >= 4 is 38.7 Å². The number of fused-ring (bicyclic) bond motifs is 1. The molecule has 1 heterocycles. The van der Waals surface area contributed by atoms with Crippen molar-refractivity contribution in [3.05, 3.63) is 18.2 Å². The van der Waals surface area contributed by atoms with Gasteiger partial charge in [-0.1, -0.05) is 11.8 Å². The number of carbonyl (C=O) groups is 1. The van der Waals surface area contributed by atoms with Gasteiger partial charge in [-0.05, 0) is 32.0 Å². The standard InChI is InChI=1S/C15H22N4O4S2/c1-4-19-13-6-5-11(25(16,21)22)7-12(13)18-15(19)24-9-14(20)17-10(2)8-23-3/h5-7,10H,4,8-9H2,1-3H3,(H,17,20)(H2,16,21,22). The van der Waals surface area contributed by atoms with Crippen molar-refractivity contribution < 1.29 is 17.9 Å². The van der Waals surface area contributed by atoms with Crippen molar-refractivity contribution in [2.45, 2.75) is 36.5 Å². The van der Waals surface area contributed by atoms with Crippen LogP contribution in [-0.4, -0.2) is 49.4 Å². The number of hydrogen-bond donors (Lipinski definition) is 2. The SMILES string of the molecule is CCn1c(SCC(=O)NC(C)COC)nc2cc(S(N)(=O)=O)ccc21. The summed E-state index contributed by atoms with van der Waals surface area (Å²) in [6.45, 7) is 4.91. The number of aryl methyl sites for hydroxylation is 1. The molecule has 0 fully saturated rings. The van der Waals surface area contributed by atoms with Crippen LogP contribution < -0.4 is 10.5 Å². The lowest BCUT2D eigenvalue weighted by atomic mass is 10.3. The third kappa shape index (κ3) is 4.94. The topological polar surface area (TPSA) is 116 Å². The Morgan fingerprint density at radius 3 is 2.80 bits per heavy atom. The predicted molar refractivity (Wildman–Crippen MR) is 97.0 cm³/mol. The highest BCUT2D eigenvalue weighted by Gasteiger charge is 2.16. The second-order valence-electron chi connectivity index (χ2n) is 5.55. The fourth-order valence-corrected chi connectivity index (χ4v) is 3.84. The number of thioether (sulfide) groups is 1. The minimum absolute atomic E-state index is 0.0171. The molecule has 2 aromatic rings. The van der Waals surface area contributed by atoms with E-state index in [0.29, 0.717) is 23.8 Å². The third-order valence-electron chi connectivity index (χ3n) is 3.49. The summed E-state index contributed by atoms with van der Waals surface area (Å²) >= 11 is 1.30. The summed E-state index contributed by atoms with van der Waals surface area (Å²) in [6.07, 6.45) is 0. The van der Waals surface area contributed by atoms with Gasteiger partial charge in [0.1, 0.15) is 0 Å². The van der Waals surface area contributed by atoms with E-state index < -0.39 is 10.0 Å². The Bertz CT molecular complexity index is 864. The molecule has 1 unspecified atom stereocenters. The second kappa shape index (κ2) is 8.17. The van der Waals surface area contributed by atoms with Crippen LogP contribution in [0.1, 0.15) is 13.8 Å². The monoisotopic (exact) mass is 386 g/mol. The number of benzene rings is 1. The van der Waals surface area contributed by atoms with Crippen molar-refractivity contribution in [2.24, 2.45) is 5.14 Å². The van der Waals surface area contributed by atoms with Crippen LogP contribution in [0.4, 0.5) is 0 Å². The molecule has 138 valence electrons. The molecule has 0 saturated heterocycles. The Hall–Kier alpha value is -1.62. The van der Waals surface area contributed by atoms with Crippen molar-refractivity contribution in [3.63, 3.8) is 0 Å². The average molecular weight is 386 g/mol. The summed E-state index contributed by atoms with van der Waals surface area (Å²) in [5, 5.41) is 8.65. The van der Waals surface area contributed by atoms with Gasteiger partial charge in [0.15, 0.2) is 5.16 Å². The molecule has 25 heavy (non-hydrogen) atoms. The van der Waals surface area contributed by atoms with Crippen LogP contribution in [-0.2, 0) is 26.1 Å². The molecule has 0 aliphatic heterocycles. The van der Waals surface area contributed by atoms with Crippen LogP contribution in [0.3, 0.4) is 0 Å². The highest BCUT2D eigenvalue weighted by atomic mass is 32.2. The Morgan fingerprint density at radius 1 is 1.48 bits per heavy atom. The van der Waals surface area contributed by atoms with Gasteiger partial charge >= 0.3 is 0 Å². The largest absolute Gasteiger partial charge is 0.383 e. The van der Waals surface area contributed by atoms with Crippen LogP contribution in [0.5, 0.6) is 0 Å². The van der Waals surface area contributed by atoms with E-state index in [4.69, 9.17) is 9.88 Å². The fourth-order valence-electron chi connectivity index (χ4n) is 2.42. The molecule has 1 aromatic carbocycles. The first-order valence-corrected chi connectivity index (χ1v) is 10.2. The molecule has 0 aliphatic rings. The van der Waals surface area contributed by atoms with E-state index in [1.165, 1.54) is 23.9 Å². The van der Waals surface area contributed by atoms with Crippen molar-refractivity contribution in [2.75, 3.05) is 19.5 Å². The summed E-state index contributed by atoms with van der Waals surface area (Å²) in [5.74, 6) is 0.0915. The third-order valence-corrected chi connectivity index (χ3v) is 5.37. The minimum Gasteiger partial charge on any atom is -0.383 e. The normalized spacial score (nSPS) is 13.1.